The predicted octanol–water partition coefficient (Wildman–Crippen LogP) is 3.74. The van der Waals surface area contributed by atoms with Crippen LogP contribution in [0.5, 0.6) is 0 Å². The Hall–Kier alpha value is -1.84. The second kappa shape index (κ2) is 23.4. The normalized spacial score (nSPS) is 42.4. The van der Waals surface area contributed by atoms with Gasteiger partial charge in [0, 0.05) is 49.5 Å². The summed E-state index contributed by atoms with van der Waals surface area (Å²) in [7, 11) is 7.15. The minimum absolute atomic E-state index is 0.0626. The molecule has 1 aromatic rings. The van der Waals surface area contributed by atoms with Gasteiger partial charge in [0.1, 0.15) is 30.0 Å². The van der Waals surface area contributed by atoms with Crippen molar-refractivity contribution in [3.8, 4) is 0 Å². The van der Waals surface area contributed by atoms with E-state index in [1.165, 1.54) is 12.0 Å². The number of carbonyl (C=O) groups is 2. The van der Waals surface area contributed by atoms with Crippen molar-refractivity contribution in [2.75, 3.05) is 47.9 Å². The maximum atomic E-state index is 14.7. The molecule has 18 atom stereocenters. The summed E-state index contributed by atoms with van der Waals surface area (Å²) in [4.78, 5) is 33.4. The van der Waals surface area contributed by atoms with Crippen LogP contribution in [0, 0.1) is 17.8 Å². The lowest BCUT2D eigenvalue weighted by Gasteiger charge is -2.48. The third kappa shape index (κ3) is 13.7. The topological polar surface area (TPSA) is 198 Å². The number of esters is 2. The van der Waals surface area contributed by atoms with E-state index < -0.39 is 102 Å². The van der Waals surface area contributed by atoms with Gasteiger partial charge in [0.2, 0.25) is 0 Å². The van der Waals surface area contributed by atoms with Gasteiger partial charge in [-0.15, -0.1) is 11.3 Å². The third-order valence-electron chi connectivity index (χ3n) is 14.1. The van der Waals surface area contributed by atoms with Crippen molar-refractivity contribution in [3.63, 3.8) is 0 Å². The molecular formula is C47H83N3O13S. The number of nitrogens with one attached hydrogen (secondary N) is 1. The standard InChI is InChI=1S/C47H83N3O13S/c1-15-35-47(10,56)42(61-36(51)19-21-48-20-18-33-17-16-22-64-33)31(6)50(13)26-27(2)24-45(8,55)41(63-44-38(52)34(49(11)12)23-28(3)58-44)29(4)39(30(5)43(54)60-35)62-37-25-46(9,57-14)40(53)32(7)59-37/h16-17,22,27-32,34-35,37-42,44,48,52-53,55-56H,15,18-21,23-26H2,1-14H3/t27-,28-,29+,30-,31+,32+,34+,35+,37+,38-,39+,40+,41-,42-,44+,45+,46-,47-/m1/s1. The summed E-state index contributed by atoms with van der Waals surface area (Å²) in [6.07, 6.45) is -7.57. The van der Waals surface area contributed by atoms with Crippen LogP contribution >= 0.6 is 11.3 Å². The van der Waals surface area contributed by atoms with Gasteiger partial charge in [-0.1, -0.05) is 26.8 Å². The molecule has 3 aliphatic rings. The molecule has 370 valence electrons. The van der Waals surface area contributed by atoms with Gasteiger partial charge in [0.15, 0.2) is 12.6 Å². The molecule has 4 heterocycles. The van der Waals surface area contributed by atoms with E-state index in [4.69, 9.17) is 33.2 Å². The summed E-state index contributed by atoms with van der Waals surface area (Å²) in [6.45, 7) is 19.2. The highest BCUT2D eigenvalue weighted by Crippen LogP contribution is 2.40. The fraction of sp³-hybridized carbons (Fsp3) is 0.872. The van der Waals surface area contributed by atoms with Crippen LogP contribution in [-0.2, 0) is 49.2 Å². The highest BCUT2D eigenvalue weighted by atomic mass is 32.1. The monoisotopic (exact) mass is 930 g/mol. The number of ether oxygens (including phenoxy) is 7. The van der Waals surface area contributed by atoms with Gasteiger partial charge in [0.25, 0.3) is 0 Å². The number of methoxy groups -OCH3 is 1. The largest absolute Gasteiger partial charge is 0.459 e. The van der Waals surface area contributed by atoms with E-state index in [1.54, 1.807) is 52.9 Å². The maximum Gasteiger partial charge on any atom is 0.311 e. The third-order valence-corrected chi connectivity index (χ3v) is 15.0. The predicted molar refractivity (Wildman–Crippen MR) is 244 cm³/mol. The molecule has 3 aliphatic heterocycles. The first-order chi connectivity index (χ1) is 29.9. The summed E-state index contributed by atoms with van der Waals surface area (Å²) in [6, 6.07) is 3.22. The summed E-state index contributed by atoms with van der Waals surface area (Å²) in [5.41, 5.74) is -4.51. The highest BCUT2D eigenvalue weighted by Gasteiger charge is 2.53. The molecule has 0 amide bonds. The molecular weight excluding hydrogens is 847 g/mol. The molecule has 4 rings (SSSR count). The van der Waals surface area contributed by atoms with Crippen molar-refractivity contribution in [1.29, 1.82) is 0 Å². The number of carbonyl (C=O) groups excluding carboxylic acids is 2. The Morgan fingerprint density at radius 1 is 1.02 bits per heavy atom. The quantitative estimate of drug-likeness (QED) is 0.134. The van der Waals surface area contributed by atoms with E-state index >= 15 is 0 Å². The van der Waals surface area contributed by atoms with E-state index in [0.717, 1.165) is 6.42 Å². The minimum Gasteiger partial charge on any atom is -0.459 e. The molecule has 5 N–H and O–H groups in total. The zero-order valence-corrected chi connectivity index (χ0v) is 41.8. The van der Waals surface area contributed by atoms with Crippen LogP contribution in [0.15, 0.2) is 17.5 Å². The lowest BCUT2D eigenvalue weighted by Crippen LogP contribution is -2.61. The summed E-state index contributed by atoms with van der Waals surface area (Å²) < 4.78 is 44.4. The molecule has 0 radical (unpaired) electrons. The number of thiophene rings is 1. The van der Waals surface area contributed by atoms with E-state index in [2.05, 4.69) is 11.4 Å². The number of hydrogen-bond acceptors (Lipinski definition) is 17. The van der Waals surface area contributed by atoms with E-state index in [-0.39, 0.29) is 43.7 Å². The minimum atomic E-state index is -1.85. The zero-order chi connectivity index (χ0) is 47.9. The Bertz CT molecular complexity index is 1590. The van der Waals surface area contributed by atoms with E-state index in [0.29, 0.717) is 26.1 Å². The molecule has 0 aliphatic carbocycles. The number of likely N-dealkylation sites (N-methyl/N-ethyl adjacent to an activating group) is 2. The first-order valence-corrected chi connectivity index (χ1v) is 24.2. The lowest BCUT2D eigenvalue weighted by atomic mass is 9.77. The Balaban J connectivity index is 1.74. The van der Waals surface area contributed by atoms with Crippen LogP contribution in [0.2, 0.25) is 0 Å². The molecule has 0 saturated carbocycles. The lowest BCUT2D eigenvalue weighted by molar-refractivity contribution is -0.318. The van der Waals surface area contributed by atoms with Crippen LogP contribution in [0.1, 0.15) is 106 Å². The second-order valence-corrected chi connectivity index (χ2v) is 21.0. The molecule has 0 bridgehead atoms. The Kier molecular flexibility index (Phi) is 20.1. The number of cyclic esters (lactones) is 1. The molecule has 3 saturated heterocycles. The molecule has 64 heavy (non-hydrogen) atoms. The van der Waals surface area contributed by atoms with E-state index in [9.17, 15) is 30.0 Å². The average molecular weight is 930 g/mol. The van der Waals surface area contributed by atoms with Gasteiger partial charge in [-0.25, -0.2) is 0 Å². The molecule has 0 spiro atoms. The Morgan fingerprint density at radius 2 is 1.70 bits per heavy atom. The molecule has 16 nitrogen and oxygen atoms in total. The van der Waals surface area contributed by atoms with Crippen LogP contribution in [0.3, 0.4) is 0 Å². The van der Waals surface area contributed by atoms with Crippen LogP contribution in [0.4, 0.5) is 0 Å². The molecule has 0 aromatic carbocycles. The number of rotatable bonds is 14. The van der Waals surface area contributed by atoms with Crippen molar-refractivity contribution in [3.05, 3.63) is 22.4 Å². The second-order valence-electron chi connectivity index (χ2n) is 20.0. The summed E-state index contributed by atoms with van der Waals surface area (Å²) >= 11 is 1.68. The van der Waals surface area contributed by atoms with Gasteiger partial charge >= 0.3 is 11.9 Å². The first kappa shape index (κ1) is 54.8. The van der Waals surface area contributed by atoms with Crippen molar-refractivity contribution in [1.82, 2.24) is 15.1 Å². The number of hydrogen-bond donors (Lipinski definition) is 5. The fourth-order valence-corrected chi connectivity index (χ4v) is 10.8. The summed E-state index contributed by atoms with van der Waals surface area (Å²) in [5, 5.41) is 53.4. The van der Waals surface area contributed by atoms with Crippen LogP contribution < -0.4 is 5.32 Å². The Labute approximate surface area is 386 Å². The van der Waals surface area contributed by atoms with Crippen molar-refractivity contribution in [2.24, 2.45) is 17.8 Å². The molecule has 3 fully saturated rings. The number of nitrogens with zero attached hydrogens (tertiary/aromatic N) is 2. The number of aliphatic hydroxyl groups excluding tert-OH is 2. The molecule has 17 heteroatoms. The molecule has 1 aromatic heterocycles. The molecule has 0 unspecified atom stereocenters. The van der Waals surface area contributed by atoms with Crippen molar-refractivity contribution < 1.29 is 63.2 Å². The smallest absolute Gasteiger partial charge is 0.311 e. The Morgan fingerprint density at radius 3 is 2.31 bits per heavy atom. The van der Waals surface area contributed by atoms with E-state index in [1.807, 2.05) is 70.1 Å². The SMILES string of the molecule is CC[C@@H]1OC(=O)[C@H](C)[C@@H](O[C@H]2C[C@@](C)(OC)[C@@H](O)[C@H](C)O2)[C@H](C)[C@@H](O[C@@H]2O[C@H](C)C[C@H](N(C)C)[C@H]2O)[C@@](C)(O)C[C@@H](C)CN(C)[C@@H](C)[C@@H](OC(=O)CCNCCc2cccs2)[C@]1(C)O. The van der Waals surface area contributed by atoms with Gasteiger partial charge in [-0.05, 0) is 119 Å². The highest BCUT2D eigenvalue weighted by molar-refractivity contribution is 7.09. The van der Waals surface area contributed by atoms with Gasteiger partial charge < -0.3 is 63.8 Å². The van der Waals surface area contributed by atoms with Crippen LogP contribution in [-0.4, -0.2) is 180 Å². The zero-order valence-electron chi connectivity index (χ0n) is 41.0. The maximum absolute atomic E-state index is 14.7. The van der Waals surface area contributed by atoms with Gasteiger partial charge in [-0.2, -0.15) is 0 Å². The van der Waals surface area contributed by atoms with Crippen molar-refractivity contribution in [2.45, 2.75) is 198 Å². The van der Waals surface area contributed by atoms with Crippen molar-refractivity contribution >= 4 is 23.3 Å². The fourth-order valence-electron chi connectivity index (χ4n) is 10.1. The average Bonchev–Trinajstić information content (AvgIpc) is 3.74. The van der Waals surface area contributed by atoms with Crippen LogP contribution in [0.25, 0.3) is 0 Å². The first-order valence-electron chi connectivity index (χ1n) is 23.3. The summed E-state index contributed by atoms with van der Waals surface area (Å²) in [5.74, 6) is -3.26. The number of aliphatic hydroxyl groups is 4. The van der Waals surface area contributed by atoms with Gasteiger partial charge in [0.05, 0.1) is 48.0 Å². The van der Waals surface area contributed by atoms with Gasteiger partial charge in [-0.3, -0.25) is 14.5 Å².